The number of aliphatic imine (C=N–C) groups is 1. The van der Waals surface area contributed by atoms with Crippen LogP contribution in [0.15, 0.2) is 65.9 Å². The number of benzene rings is 2. The summed E-state index contributed by atoms with van der Waals surface area (Å²) >= 11 is 0. The van der Waals surface area contributed by atoms with Gasteiger partial charge in [-0.1, -0.05) is 62.4 Å². The fourth-order valence-corrected chi connectivity index (χ4v) is 10.4. The molecule has 0 unspecified atom stereocenters. The first-order valence-electron chi connectivity index (χ1n) is 22.8. The normalized spacial score (nSPS) is 26.8. The second-order valence-electron chi connectivity index (χ2n) is 18.7. The van der Waals surface area contributed by atoms with Crippen molar-refractivity contribution in [3.63, 3.8) is 0 Å². The lowest BCUT2D eigenvalue weighted by molar-refractivity contribution is -0.140. The van der Waals surface area contributed by atoms with E-state index < -0.39 is 24.3 Å². The first kappa shape index (κ1) is 44.1. The molecule has 0 bridgehead atoms. The van der Waals surface area contributed by atoms with Crippen LogP contribution in [0, 0.1) is 17.8 Å². The number of rotatable bonds is 12. The van der Waals surface area contributed by atoms with Gasteiger partial charge >= 0.3 is 12.2 Å². The van der Waals surface area contributed by atoms with E-state index in [0.717, 1.165) is 90.0 Å². The number of nitrogens with zero attached hydrogens (tertiary/aromatic N) is 4. The molecule has 1 saturated carbocycles. The van der Waals surface area contributed by atoms with Crippen molar-refractivity contribution in [1.29, 1.82) is 0 Å². The largest absolute Gasteiger partial charge is 0.453 e. The van der Waals surface area contributed by atoms with Gasteiger partial charge in [0.1, 0.15) is 17.9 Å². The Morgan fingerprint density at radius 3 is 1.95 bits per heavy atom. The summed E-state index contributed by atoms with van der Waals surface area (Å²) < 4.78 is 16.1. The molecule has 0 radical (unpaired) electrons. The predicted molar refractivity (Wildman–Crippen MR) is 240 cm³/mol. The third-order valence-electron chi connectivity index (χ3n) is 14.0. The molecule has 3 saturated heterocycles. The van der Waals surface area contributed by atoms with Crippen LogP contribution in [0.25, 0.3) is 28.0 Å². The van der Waals surface area contributed by atoms with Crippen LogP contribution < -0.4 is 10.6 Å². The molecule has 3 N–H and O–H groups in total. The summed E-state index contributed by atoms with van der Waals surface area (Å²) in [7, 11) is 2.64. The zero-order chi connectivity index (χ0) is 44.5. The molecule has 1 aliphatic carbocycles. The average molecular weight is 862 g/mol. The minimum atomic E-state index is -0.704. The fourth-order valence-electron chi connectivity index (χ4n) is 10.4. The van der Waals surface area contributed by atoms with Gasteiger partial charge in [-0.05, 0) is 118 Å². The lowest BCUT2D eigenvalue weighted by atomic mass is 9.83. The molecule has 3 aromatic rings. The summed E-state index contributed by atoms with van der Waals surface area (Å²) in [5.74, 6) is 0.917. The molecule has 4 amide bonds. The molecule has 1 aromatic heterocycles. The molecule has 2 aromatic carbocycles. The highest BCUT2D eigenvalue weighted by Crippen LogP contribution is 2.43. The molecule has 63 heavy (non-hydrogen) atoms. The van der Waals surface area contributed by atoms with E-state index in [9.17, 15) is 19.2 Å². The van der Waals surface area contributed by atoms with E-state index in [-0.39, 0.29) is 60.0 Å². The summed E-state index contributed by atoms with van der Waals surface area (Å²) in [6.45, 7) is 10.0. The number of carbonyl (C=O) groups excluding carboxylic acids is 4. The van der Waals surface area contributed by atoms with Crippen molar-refractivity contribution in [2.24, 2.45) is 22.7 Å². The lowest BCUT2D eigenvalue weighted by Gasteiger charge is -2.40. The maximum Gasteiger partial charge on any atom is 0.407 e. The third kappa shape index (κ3) is 9.42. The number of aromatic nitrogens is 2. The minimum Gasteiger partial charge on any atom is -0.453 e. The second-order valence-corrected chi connectivity index (χ2v) is 18.7. The van der Waals surface area contributed by atoms with E-state index in [2.05, 4.69) is 78.0 Å². The molecule has 8 rings (SSSR count). The summed E-state index contributed by atoms with van der Waals surface area (Å²) in [5.41, 5.74) is 7.19. The van der Waals surface area contributed by atoms with Crippen molar-refractivity contribution in [2.75, 3.05) is 14.2 Å². The van der Waals surface area contributed by atoms with Gasteiger partial charge < -0.3 is 39.6 Å². The molecule has 5 heterocycles. The number of H-pyrrole nitrogens is 1. The molecule has 5 aliphatic rings. The predicted octanol–water partition coefficient (Wildman–Crippen LogP) is 8.06. The number of aromatic amines is 1. The van der Waals surface area contributed by atoms with E-state index >= 15 is 0 Å². The van der Waals surface area contributed by atoms with E-state index in [1.165, 1.54) is 14.2 Å². The van der Waals surface area contributed by atoms with Crippen molar-refractivity contribution < 1.29 is 33.4 Å². The number of ether oxygens (including phenoxy) is 3. The highest BCUT2D eigenvalue weighted by molar-refractivity contribution is 6.04. The Balaban J connectivity index is 0.904. The number of likely N-dealkylation sites (tertiary alicyclic amines) is 2. The van der Waals surface area contributed by atoms with E-state index in [0.29, 0.717) is 18.8 Å². The van der Waals surface area contributed by atoms with Gasteiger partial charge in [-0.15, -0.1) is 0 Å². The third-order valence-corrected chi connectivity index (χ3v) is 14.0. The van der Waals surface area contributed by atoms with Crippen molar-refractivity contribution in [1.82, 2.24) is 30.4 Å². The molecule has 4 fully saturated rings. The summed E-state index contributed by atoms with van der Waals surface area (Å²) in [6, 6.07) is 15.1. The zero-order valence-corrected chi connectivity index (χ0v) is 37.6. The first-order chi connectivity index (χ1) is 30.3. The number of carbonyl (C=O) groups is 4. The summed E-state index contributed by atoms with van der Waals surface area (Å²) in [6.07, 6.45) is 10.4. The van der Waals surface area contributed by atoms with E-state index in [1.807, 2.05) is 43.0 Å². The maximum atomic E-state index is 14.6. The number of allylic oxidation sites excluding steroid dienone is 1. The SMILES string of the molecule is COC(=O)N[C@H](C(=O)N1[C@@H](C)CC[C@H]1c1ncc(-c2ccc(-c3ccc(C4=CN=C([C@@H]5CC[C@H](C)N5C(=O)[C@@H](NC(=O)OC)[C@H]5C[C@@H](C)O[C@H](C6CC6)C5)C4)cc3)cc2)[nH]1)C(C)C. The maximum absolute atomic E-state index is 14.6. The molecule has 14 nitrogen and oxygen atoms in total. The van der Waals surface area contributed by atoms with Crippen LogP contribution in [0.1, 0.15) is 110 Å². The van der Waals surface area contributed by atoms with Gasteiger partial charge in [0.15, 0.2) is 0 Å². The Hall–Kier alpha value is -5.50. The summed E-state index contributed by atoms with van der Waals surface area (Å²) in [5, 5.41) is 5.67. The van der Waals surface area contributed by atoms with Crippen LogP contribution in [0.3, 0.4) is 0 Å². The Labute approximate surface area is 370 Å². The highest BCUT2D eigenvalue weighted by Gasteiger charge is 2.47. The van der Waals surface area contributed by atoms with Crippen LogP contribution in [0.2, 0.25) is 0 Å². The Kier molecular flexibility index (Phi) is 13.1. The average Bonchev–Trinajstić information content (AvgIpc) is 3.58. The second kappa shape index (κ2) is 18.7. The number of imidazole rings is 1. The van der Waals surface area contributed by atoms with Gasteiger partial charge in [0.05, 0.1) is 50.4 Å². The molecule has 14 heteroatoms. The van der Waals surface area contributed by atoms with Crippen LogP contribution in [-0.2, 0) is 23.8 Å². The Morgan fingerprint density at radius 1 is 0.746 bits per heavy atom. The van der Waals surface area contributed by atoms with Crippen LogP contribution in [-0.4, -0.2) is 106 Å². The van der Waals surface area contributed by atoms with Gasteiger partial charge in [-0.2, -0.15) is 0 Å². The van der Waals surface area contributed by atoms with Gasteiger partial charge in [0.2, 0.25) is 11.8 Å². The van der Waals surface area contributed by atoms with Crippen LogP contribution in [0.4, 0.5) is 9.59 Å². The zero-order valence-electron chi connectivity index (χ0n) is 37.6. The van der Waals surface area contributed by atoms with Gasteiger partial charge in [-0.3, -0.25) is 14.6 Å². The fraction of sp³-hybridized carbons (Fsp3) is 0.551. The number of nitrogens with one attached hydrogen (secondary N) is 3. The Morgan fingerprint density at radius 2 is 1.33 bits per heavy atom. The molecular weight excluding hydrogens is 799 g/mol. The monoisotopic (exact) mass is 861 g/mol. The van der Waals surface area contributed by atoms with E-state index in [4.69, 9.17) is 24.2 Å². The number of amides is 4. The molecule has 0 spiro atoms. The van der Waals surface area contributed by atoms with Crippen molar-refractivity contribution >= 4 is 35.3 Å². The molecule has 4 aliphatic heterocycles. The molecule has 9 atom stereocenters. The van der Waals surface area contributed by atoms with Gasteiger partial charge in [0.25, 0.3) is 0 Å². The van der Waals surface area contributed by atoms with E-state index in [1.54, 1.807) is 0 Å². The Bertz CT molecular complexity index is 2210. The molecule has 336 valence electrons. The van der Waals surface area contributed by atoms with Crippen LogP contribution >= 0.6 is 0 Å². The smallest absolute Gasteiger partial charge is 0.407 e. The van der Waals surface area contributed by atoms with Crippen LogP contribution in [0.5, 0.6) is 0 Å². The summed E-state index contributed by atoms with van der Waals surface area (Å²) in [4.78, 5) is 70.1. The van der Waals surface area contributed by atoms with Crippen molar-refractivity contribution in [3.05, 3.63) is 72.3 Å². The number of hydrogen-bond acceptors (Lipinski definition) is 9. The number of methoxy groups -OCH3 is 2. The van der Waals surface area contributed by atoms with Crippen molar-refractivity contribution in [2.45, 2.75) is 141 Å². The highest BCUT2D eigenvalue weighted by atomic mass is 16.5. The quantitative estimate of drug-likeness (QED) is 0.164. The standard InChI is InChI=1S/C49H63N7O7/c1-27(2)43(53-48(59)61-6)46(57)56-29(4)9-21-41(56)45-51-26-39(52-45)34-16-14-32(15-17-34)31-10-12-33(13-11-31)37-23-38(50-25-37)40-20-8-28(3)55(40)47(58)44(54-49(60)62-7)36-22-30(5)63-42(24-36)35-18-19-35/h10-17,25-30,35-36,40-44H,8-9,18-24H2,1-7H3,(H,51,52)(H,53,59)(H,54,60)/t28-,29-,30+,36-,40-,41-,42-,43-,44-/m0/s1. The topological polar surface area (TPSA) is 168 Å². The van der Waals surface area contributed by atoms with Gasteiger partial charge in [-0.25, -0.2) is 14.6 Å². The number of alkyl carbamates (subject to hydrolysis) is 2. The van der Waals surface area contributed by atoms with Crippen molar-refractivity contribution in [3.8, 4) is 22.4 Å². The molecular formula is C49H63N7O7. The first-order valence-corrected chi connectivity index (χ1v) is 22.8. The lowest BCUT2D eigenvalue weighted by Crippen LogP contribution is -2.57. The van der Waals surface area contributed by atoms with Gasteiger partial charge in [0, 0.05) is 30.4 Å². The minimum absolute atomic E-state index is 0.00145. The number of hydrogen-bond donors (Lipinski definition) is 3.